The Morgan fingerprint density at radius 2 is 2.03 bits per heavy atom. The lowest BCUT2D eigenvalue weighted by molar-refractivity contribution is -0.123. The minimum atomic E-state index is -0.486. The number of carbonyl (C=O) groups excluding carboxylic acids is 2. The average molecular weight is 484 g/mol. The predicted molar refractivity (Wildman–Crippen MR) is 132 cm³/mol. The smallest absolute Gasteiger partial charge is 0.409 e. The molecule has 1 amide bonds. The van der Waals surface area contributed by atoms with Crippen molar-refractivity contribution >= 4 is 11.9 Å². The van der Waals surface area contributed by atoms with Crippen molar-refractivity contribution in [1.29, 1.82) is 0 Å². The number of methoxy groups -OCH3 is 1. The highest BCUT2D eigenvalue weighted by Gasteiger charge is 2.64. The number of aliphatic hydroxyl groups is 1. The number of carbonyl (C=O) groups is 2. The maximum atomic E-state index is 14.3. The first-order valence-electron chi connectivity index (χ1n) is 13.8. The molecular formula is C29H41NO5. The Hall–Kier alpha value is -1.66. The van der Waals surface area contributed by atoms with Crippen LogP contribution in [0.2, 0.25) is 0 Å². The second-order valence-electron chi connectivity index (χ2n) is 12.8. The zero-order chi connectivity index (χ0) is 24.9. The molecule has 6 rings (SSSR count). The third kappa shape index (κ3) is 3.08. The zero-order valence-electron chi connectivity index (χ0n) is 21.9. The number of rotatable bonds is 0. The fourth-order valence-corrected chi connectivity index (χ4v) is 9.49. The highest BCUT2D eigenvalue weighted by Crippen LogP contribution is 2.64. The predicted octanol–water partition coefficient (Wildman–Crippen LogP) is 4.66. The van der Waals surface area contributed by atoms with E-state index in [1.165, 1.54) is 12.7 Å². The van der Waals surface area contributed by atoms with E-state index >= 15 is 0 Å². The second kappa shape index (κ2) is 7.92. The number of piperidine rings is 1. The molecule has 192 valence electrons. The molecule has 6 heteroatoms. The number of fused-ring (bicyclic) bond motifs is 6. The summed E-state index contributed by atoms with van der Waals surface area (Å²) in [5.41, 5.74) is 2.85. The van der Waals surface area contributed by atoms with Gasteiger partial charge in [-0.3, -0.25) is 4.79 Å². The van der Waals surface area contributed by atoms with E-state index in [1.807, 2.05) is 4.90 Å². The van der Waals surface area contributed by atoms with Gasteiger partial charge in [0.25, 0.3) is 0 Å². The van der Waals surface area contributed by atoms with Gasteiger partial charge < -0.3 is 19.5 Å². The SMILES string of the molecule is COC(=O)N1C[C@@H](C)C[C@H]2O[C@@]3(CC[C@@H]4C(=C3C)C(=O)[C@H]3[C@H]4CC=C4C[C@@H](O)CC[C@@]43C)[C@H](C)[C@@H]21. The second-order valence-corrected chi connectivity index (χ2v) is 12.8. The summed E-state index contributed by atoms with van der Waals surface area (Å²) < 4.78 is 12.1. The van der Waals surface area contributed by atoms with Gasteiger partial charge in [0.2, 0.25) is 0 Å². The van der Waals surface area contributed by atoms with Crippen LogP contribution in [0.4, 0.5) is 4.79 Å². The third-order valence-corrected chi connectivity index (χ3v) is 11.1. The minimum Gasteiger partial charge on any atom is -0.453 e. The van der Waals surface area contributed by atoms with E-state index in [1.54, 1.807) is 0 Å². The van der Waals surface area contributed by atoms with Gasteiger partial charge in [-0.15, -0.1) is 0 Å². The molecule has 0 bridgehead atoms. The number of ether oxygens (including phenoxy) is 2. The molecule has 2 heterocycles. The van der Waals surface area contributed by atoms with Crippen LogP contribution in [0.3, 0.4) is 0 Å². The summed E-state index contributed by atoms with van der Waals surface area (Å²) in [5.74, 6) is 1.48. The molecule has 2 aliphatic heterocycles. The summed E-state index contributed by atoms with van der Waals surface area (Å²) in [4.78, 5) is 28.9. The lowest BCUT2D eigenvalue weighted by Gasteiger charge is -2.48. The van der Waals surface area contributed by atoms with Gasteiger partial charge in [-0.25, -0.2) is 4.79 Å². The first-order valence-corrected chi connectivity index (χ1v) is 13.8. The topological polar surface area (TPSA) is 76.1 Å². The standard InChI is InChI=1S/C29H41NO5/c1-15-12-22-25(30(14-15)27(33)34-5)17(3)29(35-22)11-9-20-21-7-6-18-13-19(31)8-10-28(18,4)24(21)26(32)23(20)16(29)2/h6,15,17,19-22,24-25,31H,7-14H2,1-5H3/t15-,17+,19-,20-,21-,22+,24+,25-,28-,29+/m0/s1. The van der Waals surface area contributed by atoms with Crippen LogP contribution in [0.25, 0.3) is 0 Å². The Bertz CT molecular complexity index is 1020. The summed E-state index contributed by atoms with van der Waals surface area (Å²) in [5, 5.41) is 10.3. The van der Waals surface area contributed by atoms with Gasteiger partial charge in [0.15, 0.2) is 5.78 Å². The quantitative estimate of drug-likeness (QED) is 0.507. The van der Waals surface area contributed by atoms with Crippen molar-refractivity contribution in [3.05, 3.63) is 22.8 Å². The Morgan fingerprint density at radius 3 is 2.77 bits per heavy atom. The normalized spacial score (nSPS) is 48.8. The molecule has 2 saturated heterocycles. The van der Waals surface area contributed by atoms with Crippen molar-refractivity contribution in [3.63, 3.8) is 0 Å². The average Bonchev–Trinajstić information content (AvgIpc) is 3.28. The van der Waals surface area contributed by atoms with Crippen LogP contribution >= 0.6 is 0 Å². The highest BCUT2D eigenvalue weighted by molar-refractivity contribution is 6.02. The van der Waals surface area contributed by atoms with Crippen molar-refractivity contribution < 1.29 is 24.2 Å². The Labute approximate surface area is 209 Å². The summed E-state index contributed by atoms with van der Waals surface area (Å²) >= 11 is 0. The van der Waals surface area contributed by atoms with Gasteiger partial charge in [-0.1, -0.05) is 32.4 Å². The molecule has 0 aromatic carbocycles. The Morgan fingerprint density at radius 1 is 1.26 bits per heavy atom. The van der Waals surface area contributed by atoms with Gasteiger partial charge in [-0.05, 0) is 80.6 Å². The largest absolute Gasteiger partial charge is 0.453 e. The molecule has 4 aliphatic carbocycles. The number of allylic oxidation sites excluding steroid dienone is 2. The third-order valence-electron chi connectivity index (χ3n) is 11.1. The molecule has 2 saturated carbocycles. The number of nitrogens with zero attached hydrogens (tertiary/aromatic N) is 1. The number of hydrogen-bond acceptors (Lipinski definition) is 5. The zero-order valence-corrected chi connectivity index (χ0v) is 21.9. The van der Waals surface area contributed by atoms with Crippen molar-refractivity contribution in [1.82, 2.24) is 4.90 Å². The Balaban J connectivity index is 1.38. The fraction of sp³-hybridized carbons (Fsp3) is 0.793. The van der Waals surface area contributed by atoms with E-state index in [4.69, 9.17) is 9.47 Å². The first-order chi connectivity index (χ1) is 16.6. The van der Waals surface area contributed by atoms with E-state index in [2.05, 4.69) is 33.8 Å². The molecule has 6 aliphatic rings. The molecular weight excluding hydrogens is 442 g/mol. The monoisotopic (exact) mass is 483 g/mol. The molecule has 10 atom stereocenters. The van der Waals surface area contributed by atoms with Crippen molar-refractivity contribution in [3.8, 4) is 0 Å². The van der Waals surface area contributed by atoms with Crippen LogP contribution < -0.4 is 0 Å². The number of ketones is 1. The van der Waals surface area contributed by atoms with Crippen molar-refractivity contribution in [2.45, 2.75) is 96.5 Å². The molecule has 1 N–H and O–H groups in total. The molecule has 4 fully saturated rings. The molecule has 0 unspecified atom stereocenters. The highest BCUT2D eigenvalue weighted by atomic mass is 16.5. The van der Waals surface area contributed by atoms with Crippen LogP contribution in [-0.2, 0) is 14.3 Å². The summed E-state index contributed by atoms with van der Waals surface area (Å²) in [7, 11) is 1.46. The van der Waals surface area contributed by atoms with Crippen LogP contribution in [0, 0.1) is 35.0 Å². The van der Waals surface area contributed by atoms with Gasteiger partial charge in [0.1, 0.15) is 0 Å². The lowest BCUT2D eigenvalue weighted by atomic mass is 9.56. The van der Waals surface area contributed by atoms with Crippen LogP contribution in [-0.4, -0.2) is 59.4 Å². The van der Waals surface area contributed by atoms with Gasteiger partial charge >= 0.3 is 6.09 Å². The number of likely N-dealkylation sites (tertiary alicyclic amines) is 1. The van der Waals surface area contributed by atoms with Crippen LogP contribution in [0.15, 0.2) is 22.8 Å². The molecule has 1 spiro atoms. The van der Waals surface area contributed by atoms with E-state index < -0.39 is 5.60 Å². The maximum Gasteiger partial charge on any atom is 0.409 e. The van der Waals surface area contributed by atoms with Gasteiger partial charge in [0.05, 0.1) is 31.0 Å². The van der Waals surface area contributed by atoms with Crippen molar-refractivity contribution in [2.75, 3.05) is 13.7 Å². The summed E-state index contributed by atoms with van der Waals surface area (Å²) in [6.45, 7) is 9.51. The maximum absolute atomic E-state index is 14.3. The number of hydrogen-bond donors (Lipinski definition) is 1. The van der Waals surface area contributed by atoms with Crippen LogP contribution in [0.5, 0.6) is 0 Å². The van der Waals surface area contributed by atoms with E-state index in [-0.39, 0.29) is 41.6 Å². The van der Waals surface area contributed by atoms with E-state index in [9.17, 15) is 14.7 Å². The van der Waals surface area contributed by atoms with Gasteiger partial charge in [0, 0.05) is 24.0 Å². The Kier molecular flexibility index (Phi) is 5.37. The molecule has 0 aromatic rings. The first kappa shape index (κ1) is 23.7. The van der Waals surface area contributed by atoms with Crippen LogP contribution in [0.1, 0.15) is 72.6 Å². The molecule has 6 nitrogen and oxygen atoms in total. The van der Waals surface area contributed by atoms with E-state index in [0.29, 0.717) is 36.5 Å². The summed E-state index contributed by atoms with van der Waals surface area (Å²) in [6.07, 6.45) is 7.93. The fourth-order valence-electron chi connectivity index (χ4n) is 9.49. The van der Waals surface area contributed by atoms with E-state index in [0.717, 1.165) is 49.7 Å². The lowest BCUT2D eigenvalue weighted by Crippen LogP contribution is -2.54. The molecule has 0 aromatic heterocycles. The number of Topliss-reactive ketones (excluding diaryl/α,β-unsaturated/α-hetero) is 1. The summed E-state index contributed by atoms with van der Waals surface area (Å²) in [6, 6.07) is -0.0184. The van der Waals surface area contributed by atoms with Gasteiger partial charge in [-0.2, -0.15) is 0 Å². The van der Waals surface area contributed by atoms with Crippen molar-refractivity contribution in [2.24, 2.45) is 35.0 Å². The minimum absolute atomic E-state index is 0.0184. The number of aliphatic hydroxyl groups excluding tert-OH is 1. The molecule has 35 heavy (non-hydrogen) atoms. The number of amides is 1. The molecule has 0 radical (unpaired) electrons.